The summed E-state index contributed by atoms with van der Waals surface area (Å²) in [6.45, 7) is 3.72. The van der Waals surface area contributed by atoms with E-state index in [1.165, 1.54) is 4.90 Å². The van der Waals surface area contributed by atoms with Crippen molar-refractivity contribution >= 4 is 5.91 Å². The van der Waals surface area contributed by atoms with Crippen LogP contribution in [0.1, 0.15) is 12.5 Å². The van der Waals surface area contributed by atoms with Crippen LogP contribution in [0.25, 0.3) is 0 Å². The predicted octanol–water partition coefficient (Wildman–Crippen LogP) is 1.85. The smallest absolute Gasteiger partial charge is 0.262 e. The molecule has 3 nitrogen and oxygen atoms in total. The zero-order valence-electron chi connectivity index (χ0n) is 9.65. The van der Waals surface area contributed by atoms with Gasteiger partial charge in [0, 0.05) is 14.1 Å². The number of carbonyl (C=O) groups is 1. The van der Waals surface area contributed by atoms with Gasteiger partial charge in [0.1, 0.15) is 5.75 Å². The number of para-hydroxylation sites is 1. The molecule has 1 unspecified atom stereocenters. The van der Waals surface area contributed by atoms with Crippen molar-refractivity contribution < 1.29 is 9.53 Å². The van der Waals surface area contributed by atoms with Crippen LogP contribution in [0.3, 0.4) is 0 Å². The fourth-order valence-electron chi connectivity index (χ4n) is 1.29. The zero-order valence-corrected chi connectivity index (χ0v) is 9.65. The van der Waals surface area contributed by atoms with Gasteiger partial charge in [-0.15, -0.1) is 0 Å². The summed E-state index contributed by atoms with van der Waals surface area (Å²) in [5, 5.41) is 0. The van der Waals surface area contributed by atoms with Gasteiger partial charge in [0.2, 0.25) is 0 Å². The number of hydrogen-bond acceptors (Lipinski definition) is 2. The molecule has 1 aromatic carbocycles. The highest BCUT2D eigenvalue weighted by Crippen LogP contribution is 2.18. The second-order valence-electron chi connectivity index (χ2n) is 3.76. The minimum atomic E-state index is -0.443. The Labute approximate surface area is 90.7 Å². The molecule has 0 aromatic heterocycles. The first-order valence-corrected chi connectivity index (χ1v) is 4.96. The SMILES string of the molecule is Cc1ccccc1OC(C)C(=O)N(C)C. The van der Waals surface area contributed by atoms with Crippen LogP contribution < -0.4 is 4.74 Å². The van der Waals surface area contributed by atoms with Crippen molar-refractivity contribution in [2.45, 2.75) is 20.0 Å². The number of rotatable bonds is 3. The Kier molecular flexibility index (Phi) is 3.72. The zero-order chi connectivity index (χ0) is 11.4. The molecule has 0 saturated heterocycles. The average Bonchev–Trinajstić information content (AvgIpc) is 2.20. The van der Waals surface area contributed by atoms with Gasteiger partial charge in [-0.25, -0.2) is 0 Å². The summed E-state index contributed by atoms with van der Waals surface area (Å²) in [7, 11) is 3.44. The predicted molar refractivity (Wildman–Crippen MR) is 60.0 cm³/mol. The van der Waals surface area contributed by atoms with E-state index in [1.807, 2.05) is 31.2 Å². The highest BCUT2D eigenvalue weighted by Gasteiger charge is 2.16. The highest BCUT2D eigenvalue weighted by molar-refractivity contribution is 5.80. The van der Waals surface area contributed by atoms with Crippen LogP contribution in [-0.2, 0) is 4.79 Å². The Balaban J connectivity index is 2.71. The van der Waals surface area contributed by atoms with Gasteiger partial charge in [0.25, 0.3) is 5.91 Å². The molecule has 1 atom stereocenters. The molecular weight excluding hydrogens is 190 g/mol. The third-order valence-electron chi connectivity index (χ3n) is 2.19. The summed E-state index contributed by atoms with van der Waals surface area (Å²) in [6, 6.07) is 7.67. The maximum atomic E-state index is 11.6. The van der Waals surface area contributed by atoms with Crippen molar-refractivity contribution in [3.05, 3.63) is 29.8 Å². The van der Waals surface area contributed by atoms with Gasteiger partial charge < -0.3 is 9.64 Å². The van der Waals surface area contributed by atoms with E-state index in [0.717, 1.165) is 11.3 Å². The molecule has 0 bridgehead atoms. The molecule has 0 saturated carbocycles. The molecule has 15 heavy (non-hydrogen) atoms. The number of ether oxygens (including phenoxy) is 1. The molecule has 3 heteroatoms. The van der Waals surface area contributed by atoms with Crippen molar-refractivity contribution in [1.29, 1.82) is 0 Å². The number of amides is 1. The number of nitrogens with zero attached hydrogens (tertiary/aromatic N) is 1. The first-order valence-electron chi connectivity index (χ1n) is 4.96. The molecule has 82 valence electrons. The standard InChI is InChI=1S/C12H17NO2/c1-9-7-5-6-8-11(9)15-10(2)12(14)13(3)4/h5-8,10H,1-4H3. The molecule has 0 aliphatic rings. The van der Waals surface area contributed by atoms with Crippen LogP contribution in [0.2, 0.25) is 0 Å². The van der Waals surface area contributed by atoms with Gasteiger partial charge >= 0.3 is 0 Å². The minimum Gasteiger partial charge on any atom is -0.481 e. The van der Waals surface area contributed by atoms with Crippen LogP contribution in [0.4, 0.5) is 0 Å². The fourth-order valence-corrected chi connectivity index (χ4v) is 1.29. The lowest BCUT2D eigenvalue weighted by molar-refractivity contribution is -0.135. The van der Waals surface area contributed by atoms with Gasteiger partial charge in [0.15, 0.2) is 6.10 Å². The topological polar surface area (TPSA) is 29.5 Å². The molecular formula is C12H17NO2. The van der Waals surface area contributed by atoms with E-state index in [4.69, 9.17) is 4.74 Å². The second-order valence-corrected chi connectivity index (χ2v) is 3.76. The maximum absolute atomic E-state index is 11.6. The van der Waals surface area contributed by atoms with E-state index in [0.29, 0.717) is 0 Å². The third kappa shape index (κ3) is 2.98. The van der Waals surface area contributed by atoms with E-state index in [9.17, 15) is 4.79 Å². The monoisotopic (exact) mass is 207 g/mol. The van der Waals surface area contributed by atoms with E-state index >= 15 is 0 Å². The van der Waals surface area contributed by atoms with Crippen LogP contribution in [0.15, 0.2) is 24.3 Å². The third-order valence-corrected chi connectivity index (χ3v) is 2.19. The largest absolute Gasteiger partial charge is 0.481 e. The first-order chi connectivity index (χ1) is 7.02. The van der Waals surface area contributed by atoms with Gasteiger partial charge in [-0.3, -0.25) is 4.79 Å². The summed E-state index contributed by atoms with van der Waals surface area (Å²) >= 11 is 0. The summed E-state index contributed by atoms with van der Waals surface area (Å²) in [4.78, 5) is 13.1. The molecule has 0 aliphatic heterocycles. The number of carbonyl (C=O) groups excluding carboxylic acids is 1. The van der Waals surface area contributed by atoms with Crippen molar-refractivity contribution in [2.24, 2.45) is 0 Å². The van der Waals surface area contributed by atoms with Gasteiger partial charge in [-0.1, -0.05) is 18.2 Å². The molecule has 0 aliphatic carbocycles. The van der Waals surface area contributed by atoms with E-state index in [1.54, 1.807) is 21.0 Å². The molecule has 1 rings (SSSR count). The molecule has 0 heterocycles. The quantitative estimate of drug-likeness (QED) is 0.757. The lowest BCUT2D eigenvalue weighted by Crippen LogP contribution is -2.35. The van der Waals surface area contributed by atoms with Crippen LogP contribution in [0, 0.1) is 6.92 Å². The Morgan fingerprint density at radius 2 is 1.93 bits per heavy atom. The average molecular weight is 207 g/mol. The van der Waals surface area contributed by atoms with Crippen molar-refractivity contribution in [1.82, 2.24) is 4.90 Å². The number of aryl methyl sites for hydroxylation is 1. The van der Waals surface area contributed by atoms with Gasteiger partial charge in [-0.05, 0) is 25.5 Å². The van der Waals surface area contributed by atoms with E-state index < -0.39 is 6.10 Å². The fraction of sp³-hybridized carbons (Fsp3) is 0.417. The lowest BCUT2D eigenvalue weighted by Gasteiger charge is -2.19. The Morgan fingerprint density at radius 3 is 2.47 bits per heavy atom. The van der Waals surface area contributed by atoms with Gasteiger partial charge in [-0.2, -0.15) is 0 Å². The Hall–Kier alpha value is -1.51. The maximum Gasteiger partial charge on any atom is 0.262 e. The van der Waals surface area contributed by atoms with Crippen molar-refractivity contribution in [2.75, 3.05) is 14.1 Å². The number of benzene rings is 1. The normalized spacial score (nSPS) is 12.0. The molecule has 0 N–H and O–H groups in total. The number of hydrogen-bond donors (Lipinski definition) is 0. The van der Waals surface area contributed by atoms with Crippen LogP contribution in [0.5, 0.6) is 5.75 Å². The second kappa shape index (κ2) is 4.82. The van der Waals surface area contributed by atoms with E-state index in [2.05, 4.69) is 0 Å². The first kappa shape index (κ1) is 11.6. The minimum absolute atomic E-state index is 0.0294. The van der Waals surface area contributed by atoms with Gasteiger partial charge in [0.05, 0.1) is 0 Å². The van der Waals surface area contributed by atoms with E-state index in [-0.39, 0.29) is 5.91 Å². The molecule has 0 spiro atoms. The highest BCUT2D eigenvalue weighted by atomic mass is 16.5. The summed E-state index contributed by atoms with van der Waals surface area (Å²) in [6.07, 6.45) is -0.443. The lowest BCUT2D eigenvalue weighted by atomic mass is 10.2. The Bertz CT molecular complexity index is 347. The molecule has 0 fully saturated rings. The van der Waals surface area contributed by atoms with Crippen LogP contribution in [-0.4, -0.2) is 31.0 Å². The number of likely N-dealkylation sites (N-methyl/N-ethyl adjacent to an activating group) is 1. The summed E-state index contributed by atoms with van der Waals surface area (Å²) in [5.74, 6) is 0.735. The molecule has 1 aromatic rings. The summed E-state index contributed by atoms with van der Waals surface area (Å²) in [5.41, 5.74) is 1.04. The molecule has 0 radical (unpaired) electrons. The Morgan fingerprint density at radius 1 is 1.33 bits per heavy atom. The van der Waals surface area contributed by atoms with Crippen LogP contribution >= 0.6 is 0 Å². The van der Waals surface area contributed by atoms with Crippen molar-refractivity contribution in [3.63, 3.8) is 0 Å². The summed E-state index contributed by atoms with van der Waals surface area (Å²) < 4.78 is 5.58. The van der Waals surface area contributed by atoms with Crippen molar-refractivity contribution in [3.8, 4) is 5.75 Å². The molecule has 1 amide bonds.